The number of nitrogens with zero attached hydrogens (tertiary/aromatic N) is 2. The molecule has 4 saturated carbocycles. The summed E-state index contributed by atoms with van der Waals surface area (Å²) in [5, 5.41) is 0. The molecule has 6 fully saturated rings. The lowest BCUT2D eigenvalue weighted by Gasteiger charge is -2.72. The van der Waals surface area contributed by atoms with E-state index in [1.54, 1.807) is 23.3 Å². The van der Waals surface area contributed by atoms with Crippen molar-refractivity contribution >= 4 is 5.91 Å². The Labute approximate surface area is 199 Å². The fourth-order valence-electron chi connectivity index (χ4n) is 11.4. The zero-order valence-corrected chi connectivity index (χ0v) is 19.5. The van der Waals surface area contributed by atoms with E-state index in [1.165, 1.54) is 57.6 Å². The van der Waals surface area contributed by atoms with Crippen molar-refractivity contribution in [3.63, 3.8) is 0 Å². The van der Waals surface area contributed by atoms with Crippen LogP contribution in [-0.4, -0.2) is 51.9 Å². The van der Waals surface area contributed by atoms with Gasteiger partial charge in [-0.15, -0.1) is 0 Å². The molecule has 6 unspecified atom stereocenters. The zero-order valence-electron chi connectivity index (χ0n) is 19.5. The summed E-state index contributed by atoms with van der Waals surface area (Å²) in [6.45, 7) is 2.13. The largest absolute Gasteiger partial charge is 0.333 e. The van der Waals surface area contributed by atoms with Gasteiger partial charge in [0.25, 0.3) is 5.91 Å². The molecule has 5 aliphatic carbocycles. The number of nitrogens with one attached hydrogen (secondary N) is 1. The van der Waals surface area contributed by atoms with E-state index < -0.39 is 0 Å². The van der Waals surface area contributed by atoms with Gasteiger partial charge in [0.1, 0.15) is 5.69 Å². The SMILES string of the molecule is O=C(c1cccc(=O)[nH]1)N1C[C@]23CC45C6Cc7ccccc7C4(CCN6C4CCC4)C2C1CC53. The first kappa shape index (κ1) is 18.9. The van der Waals surface area contributed by atoms with E-state index in [0.717, 1.165) is 18.5 Å². The van der Waals surface area contributed by atoms with Crippen LogP contribution >= 0.6 is 0 Å². The summed E-state index contributed by atoms with van der Waals surface area (Å²) < 4.78 is 0. The number of carbonyl (C=O) groups is 1. The van der Waals surface area contributed by atoms with Crippen LogP contribution in [0.2, 0.25) is 0 Å². The highest BCUT2D eigenvalue weighted by Crippen LogP contribution is 2.92. The number of fused-ring (bicyclic) bond motifs is 1. The Bertz CT molecular complexity index is 1330. The number of benzene rings is 1. The Balaban J connectivity index is 1.19. The third kappa shape index (κ3) is 1.72. The van der Waals surface area contributed by atoms with Gasteiger partial charge in [-0.1, -0.05) is 36.8 Å². The monoisotopic (exact) mass is 453 g/mol. The topological polar surface area (TPSA) is 56.4 Å². The number of hydrogen-bond donors (Lipinski definition) is 1. The van der Waals surface area contributed by atoms with Crippen LogP contribution in [0.15, 0.2) is 47.3 Å². The minimum absolute atomic E-state index is 0.0337. The highest BCUT2D eigenvalue weighted by Gasteiger charge is 2.93. The number of piperidine rings is 2. The summed E-state index contributed by atoms with van der Waals surface area (Å²) in [4.78, 5) is 33.5. The Morgan fingerprint density at radius 1 is 1.09 bits per heavy atom. The number of aromatic nitrogens is 1. The second-order valence-corrected chi connectivity index (χ2v) is 12.6. The molecule has 34 heavy (non-hydrogen) atoms. The number of hydrogen-bond acceptors (Lipinski definition) is 3. The molecule has 174 valence electrons. The molecular formula is C29H31N3O2. The van der Waals surface area contributed by atoms with Gasteiger partial charge in [0.05, 0.1) is 0 Å². The van der Waals surface area contributed by atoms with Gasteiger partial charge in [-0.2, -0.15) is 0 Å². The van der Waals surface area contributed by atoms with Crippen molar-refractivity contribution in [2.45, 2.75) is 68.5 Å². The fourth-order valence-corrected chi connectivity index (χ4v) is 11.4. The summed E-state index contributed by atoms with van der Waals surface area (Å²) in [5.74, 6) is 1.37. The average Bonchev–Trinajstić information content (AvgIpc) is 3.43. The van der Waals surface area contributed by atoms with Crippen LogP contribution in [0, 0.1) is 22.7 Å². The van der Waals surface area contributed by atoms with E-state index in [2.05, 4.69) is 39.0 Å². The predicted octanol–water partition coefficient (Wildman–Crippen LogP) is 3.35. The molecule has 9 rings (SSSR count). The zero-order chi connectivity index (χ0) is 22.4. The lowest BCUT2D eigenvalue weighted by molar-refractivity contribution is -0.191. The molecular weight excluding hydrogens is 422 g/mol. The molecule has 2 spiro atoms. The number of amides is 1. The normalized spacial score (nSPS) is 44.9. The van der Waals surface area contributed by atoms with Crippen molar-refractivity contribution in [2.75, 3.05) is 13.1 Å². The van der Waals surface area contributed by atoms with Gasteiger partial charge in [0.15, 0.2) is 0 Å². The molecule has 5 heteroatoms. The van der Waals surface area contributed by atoms with E-state index in [1.807, 2.05) is 0 Å². The summed E-state index contributed by atoms with van der Waals surface area (Å²) in [5.41, 5.74) is 4.44. The van der Waals surface area contributed by atoms with Crippen LogP contribution in [0.4, 0.5) is 0 Å². The van der Waals surface area contributed by atoms with Crippen molar-refractivity contribution < 1.29 is 4.79 Å². The van der Waals surface area contributed by atoms with E-state index in [-0.39, 0.29) is 16.9 Å². The molecule has 5 nitrogen and oxygen atoms in total. The third-order valence-electron chi connectivity index (χ3n) is 12.1. The maximum Gasteiger partial charge on any atom is 0.270 e. The molecule has 0 radical (unpaired) electrons. The van der Waals surface area contributed by atoms with Gasteiger partial charge in [0.2, 0.25) is 5.56 Å². The summed E-state index contributed by atoms with van der Waals surface area (Å²) in [6.07, 6.45) is 9.16. The quantitative estimate of drug-likeness (QED) is 0.759. The molecule has 3 heterocycles. The molecule has 1 N–H and O–H groups in total. The number of likely N-dealkylation sites (tertiary alicyclic amines) is 2. The molecule has 7 bridgehead atoms. The van der Waals surface area contributed by atoms with Gasteiger partial charge in [0, 0.05) is 41.6 Å². The molecule has 1 aromatic carbocycles. The van der Waals surface area contributed by atoms with E-state index in [4.69, 9.17) is 0 Å². The second kappa shape index (κ2) is 5.70. The first-order chi connectivity index (χ1) is 16.6. The van der Waals surface area contributed by atoms with Gasteiger partial charge in [-0.3, -0.25) is 14.5 Å². The Kier molecular flexibility index (Phi) is 3.16. The highest BCUT2D eigenvalue weighted by molar-refractivity contribution is 5.93. The Morgan fingerprint density at radius 3 is 2.79 bits per heavy atom. The minimum Gasteiger partial charge on any atom is -0.333 e. The van der Waals surface area contributed by atoms with Crippen LogP contribution in [0.25, 0.3) is 0 Å². The van der Waals surface area contributed by atoms with Crippen LogP contribution in [0.5, 0.6) is 0 Å². The predicted molar refractivity (Wildman–Crippen MR) is 128 cm³/mol. The molecule has 7 atom stereocenters. The number of aromatic amines is 1. The van der Waals surface area contributed by atoms with Crippen molar-refractivity contribution in [3.8, 4) is 0 Å². The molecule has 2 aromatic rings. The molecule has 7 aliphatic rings. The summed E-state index contributed by atoms with van der Waals surface area (Å²) >= 11 is 0. The van der Waals surface area contributed by atoms with Gasteiger partial charge < -0.3 is 9.88 Å². The second-order valence-electron chi connectivity index (χ2n) is 12.6. The van der Waals surface area contributed by atoms with Crippen molar-refractivity contribution in [3.05, 3.63) is 69.6 Å². The highest BCUT2D eigenvalue weighted by atomic mass is 16.2. The van der Waals surface area contributed by atoms with E-state index in [0.29, 0.717) is 34.5 Å². The average molecular weight is 454 g/mol. The van der Waals surface area contributed by atoms with Crippen LogP contribution < -0.4 is 5.56 Å². The molecule has 1 amide bonds. The lowest BCUT2D eigenvalue weighted by Crippen LogP contribution is -2.75. The third-order valence-corrected chi connectivity index (χ3v) is 12.1. The standard InChI is InChI=1S/C29H31N3O2/c33-24-10-4-9-20(30-24)26(34)32-16-27-15-29-22(27)14-21(32)25(27)28(29)11-12-31(18-6-3-7-18)23(29)13-17-5-1-2-8-19(17)28/h1-2,4-5,8-10,18,21-23,25H,3,6-7,11-16H2,(H,30,33)/t21?,22?,23?,25?,27-,28?,29?/m0/s1. The van der Waals surface area contributed by atoms with Crippen LogP contribution in [0.1, 0.15) is 60.1 Å². The Hall–Kier alpha value is -2.40. The number of carbonyl (C=O) groups excluding carboxylic acids is 1. The number of rotatable bonds is 2. The van der Waals surface area contributed by atoms with E-state index >= 15 is 0 Å². The molecule has 2 saturated heterocycles. The maximum atomic E-state index is 13.6. The molecule has 1 aromatic heterocycles. The first-order valence-electron chi connectivity index (χ1n) is 13.4. The van der Waals surface area contributed by atoms with Crippen LogP contribution in [0.3, 0.4) is 0 Å². The lowest BCUT2D eigenvalue weighted by atomic mass is 9.38. The fraction of sp³-hybridized carbons (Fsp3) is 0.586. The van der Waals surface area contributed by atoms with Crippen LogP contribution in [-0.2, 0) is 11.8 Å². The maximum absolute atomic E-state index is 13.6. The number of H-pyrrole nitrogens is 1. The number of pyridine rings is 1. The Morgan fingerprint density at radius 2 is 1.97 bits per heavy atom. The van der Waals surface area contributed by atoms with Gasteiger partial charge in [-0.05, 0) is 79.5 Å². The molecule has 2 aliphatic heterocycles. The van der Waals surface area contributed by atoms with E-state index in [9.17, 15) is 9.59 Å². The van der Waals surface area contributed by atoms with Gasteiger partial charge >= 0.3 is 0 Å². The van der Waals surface area contributed by atoms with Crippen molar-refractivity contribution in [1.82, 2.24) is 14.8 Å². The minimum atomic E-state index is -0.191. The first-order valence-corrected chi connectivity index (χ1v) is 13.4. The summed E-state index contributed by atoms with van der Waals surface area (Å²) in [7, 11) is 0. The van der Waals surface area contributed by atoms with Gasteiger partial charge in [-0.25, -0.2) is 0 Å². The summed E-state index contributed by atoms with van der Waals surface area (Å²) in [6, 6.07) is 16.2. The smallest absolute Gasteiger partial charge is 0.270 e. The van der Waals surface area contributed by atoms with Crippen molar-refractivity contribution in [2.24, 2.45) is 22.7 Å². The van der Waals surface area contributed by atoms with Crippen molar-refractivity contribution in [1.29, 1.82) is 0 Å².